The molecule has 0 spiro atoms. The van der Waals surface area contributed by atoms with E-state index in [1.165, 1.54) is 75.6 Å². The lowest BCUT2D eigenvalue weighted by atomic mass is 9.98. The molecule has 7 aromatic rings. The van der Waals surface area contributed by atoms with E-state index in [9.17, 15) is 154 Å². The predicted octanol–water partition coefficient (Wildman–Crippen LogP) is 19.5. The summed E-state index contributed by atoms with van der Waals surface area (Å²) in [6, 6.07) is 16.6. The summed E-state index contributed by atoms with van der Waals surface area (Å²) in [7, 11) is 0. The van der Waals surface area contributed by atoms with Crippen LogP contribution in [0.15, 0.2) is 91.1 Å². The van der Waals surface area contributed by atoms with Crippen molar-refractivity contribution in [2.75, 3.05) is 52.4 Å². The smallest absolute Gasteiger partial charge is 0.392 e. The summed E-state index contributed by atoms with van der Waals surface area (Å²) < 4.78 is 317. The van der Waals surface area contributed by atoms with E-state index >= 15 is 0 Å². The van der Waals surface area contributed by atoms with Gasteiger partial charge >= 0.3 is 43.2 Å². The van der Waals surface area contributed by atoms with Gasteiger partial charge in [0.15, 0.2) is 0 Å². The number of halogens is 24. The van der Waals surface area contributed by atoms with E-state index in [-0.39, 0.29) is 240 Å². The van der Waals surface area contributed by atoms with Crippen LogP contribution in [0.2, 0.25) is 0 Å². The van der Waals surface area contributed by atoms with Gasteiger partial charge in [0.1, 0.15) is 11.9 Å². The summed E-state index contributed by atoms with van der Waals surface area (Å²) in [5.41, 5.74) is -3.06. The maximum Gasteiger partial charge on any atom is 0.433 e. The van der Waals surface area contributed by atoms with Gasteiger partial charge in [0.25, 0.3) is 47.3 Å². The molecule has 0 bridgehead atoms. The van der Waals surface area contributed by atoms with E-state index in [4.69, 9.17) is 5.11 Å². The van der Waals surface area contributed by atoms with Crippen LogP contribution in [0, 0.1) is 0 Å². The predicted molar refractivity (Wildman–Crippen MR) is 497 cm³/mol. The molecule has 47 heteroatoms. The van der Waals surface area contributed by atoms with E-state index in [0.717, 1.165) is 42.6 Å². The normalized spacial score (nSPS) is 19.5. The molecule has 1 aromatic heterocycles. The van der Waals surface area contributed by atoms with E-state index in [1.54, 1.807) is 114 Å². The maximum absolute atomic E-state index is 13.5. The summed E-state index contributed by atoms with van der Waals surface area (Å²) in [5.74, 6) is -5.44. The highest BCUT2D eigenvalue weighted by atomic mass is 19.4. The lowest BCUT2D eigenvalue weighted by Crippen LogP contribution is -2.49. The molecule has 3 unspecified atom stereocenters. The molecule has 0 saturated carbocycles. The van der Waals surface area contributed by atoms with E-state index in [2.05, 4.69) is 4.98 Å². The highest BCUT2D eigenvalue weighted by Gasteiger charge is 2.51. The Balaban J connectivity index is 0.000000156. The fourth-order valence-electron chi connectivity index (χ4n) is 19.8. The third-order valence-electron chi connectivity index (χ3n) is 27.5. The Labute approximate surface area is 848 Å². The second kappa shape index (κ2) is 44.8. The summed E-state index contributed by atoms with van der Waals surface area (Å²) >= 11 is 0. The molecule has 0 aliphatic carbocycles. The maximum atomic E-state index is 13.5. The van der Waals surface area contributed by atoms with Crippen LogP contribution < -0.4 is 0 Å². The van der Waals surface area contributed by atoms with Crippen LogP contribution in [0.25, 0.3) is 0 Å². The van der Waals surface area contributed by atoms with E-state index in [1.807, 2.05) is 9.80 Å². The third kappa shape index (κ3) is 26.4. The molecular weight excluding hydrogens is 2040 g/mol. The molecule has 150 heavy (non-hydrogen) atoms. The van der Waals surface area contributed by atoms with Gasteiger partial charge in [0.2, 0.25) is 0 Å². The van der Waals surface area contributed by atoms with Crippen LogP contribution >= 0.6 is 0 Å². The molecule has 3 atom stereocenters. The summed E-state index contributed by atoms with van der Waals surface area (Å²) in [6.45, 7) is 26.4. The highest BCUT2D eigenvalue weighted by molar-refractivity contribution is 6.03. The van der Waals surface area contributed by atoms with Crippen molar-refractivity contribution in [2.45, 2.75) is 304 Å². The van der Waals surface area contributed by atoms with Crippen molar-refractivity contribution in [3.63, 3.8) is 0 Å². The number of carbonyl (C=O) groups excluding carboxylic acids is 7. The zero-order valence-corrected chi connectivity index (χ0v) is 84.2. The zero-order chi connectivity index (χ0) is 112. The van der Waals surface area contributed by atoms with Crippen molar-refractivity contribution in [1.29, 1.82) is 0 Å². The molecule has 23 nitrogen and oxygen atoms in total. The Kier molecular flexibility index (Phi) is 35.1. The second-order valence-corrected chi connectivity index (χ2v) is 40.8. The van der Waals surface area contributed by atoms with Gasteiger partial charge in [-0.25, -0.2) is 13.2 Å². The molecule has 4 fully saturated rings. The molecule has 6 aromatic carbocycles. The van der Waals surface area contributed by atoms with Crippen molar-refractivity contribution in [3.05, 3.63) is 236 Å². The molecule has 4 N–H and O–H groups in total. The number of aliphatic hydroxyl groups is 4. The van der Waals surface area contributed by atoms with Crippen molar-refractivity contribution in [3.8, 4) is 0 Å². The van der Waals surface area contributed by atoms with Gasteiger partial charge in [0, 0.05) is 217 Å². The summed E-state index contributed by atoms with van der Waals surface area (Å²) in [4.78, 5) is 106. The highest BCUT2D eigenvalue weighted by Crippen LogP contribution is 2.48. The van der Waals surface area contributed by atoms with Crippen LogP contribution in [0.1, 0.15) is 288 Å². The number of carbonyl (C=O) groups is 7. The molecule has 0 radical (unpaired) electrons. The third-order valence-corrected chi connectivity index (χ3v) is 27.5. The van der Waals surface area contributed by atoms with Crippen LogP contribution in [-0.4, -0.2) is 246 Å². The second-order valence-electron chi connectivity index (χ2n) is 40.8. The van der Waals surface area contributed by atoms with Crippen LogP contribution in [0.3, 0.4) is 0 Å². The minimum atomic E-state index is -4.59. The molecule has 822 valence electrons. The number of pyridine rings is 1. The lowest BCUT2D eigenvalue weighted by Gasteiger charge is -2.36. The number of benzene rings is 6. The number of aliphatic hydroxyl groups excluding tert-OH is 4. The van der Waals surface area contributed by atoms with Gasteiger partial charge in [-0.2, -0.15) is 92.2 Å². The fourth-order valence-corrected chi connectivity index (χ4v) is 19.8. The molecule has 4 saturated heterocycles. The lowest BCUT2D eigenvalue weighted by molar-refractivity contribution is -0.142. The number of rotatable bonds is 16. The Morgan fingerprint density at radius 2 is 0.593 bits per heavy atom. The number of alkyl halides is 24. The first-order valence-corrected chi connectivity index (χ1v) is 48.4. The van der Waals surface area contributed by atoms with E-state index < -0.39 is 144 Å². The number of likely N-dealkylation sites (tertiary alicyclic amines) is 4. The Hall–Kier alpha value is -11.2. The minimum absolute atomic E-state index is 0.000209. The standard InChI is InChI=1S/C17H19F5N2O.C17H20F4N2O2.C17H21F3N2O2.C16H19F3N2O2.C13H14F3NO2.C12H12F3NO.C11H11F3N2O/c1-10(2)24-8-13-12(15(24)25)5-11(6-14(13)17(20,21)22)7-23-4-3-16(18,19)9-23;1-9(2)23-6-12-11(16(23)25)3-10(4-13(12)17(19,20)21)5-22-7-14(18)15(24)8-22;1-10(2)22-9-14-13(16(22)24)5-11(6-15(14)17(18,19)20)7-21-4-3-12(23)8-21;1-9(2)21-8-13-12(15(21)23)3-10(4-14(13)16(17,18)19)5-20-6-11(22)7-20;1-7(2)17-5-10-9(12(17)19)3-8(6-18)4-11(10)13(14,15)16;1-7(2)16-6-9-8(11(16)17)4-3-5-10(9)12(13,14)15;1-6(2)16-5-8-7(10(16)17)3-4-15-9(8)11(12,13)14/h5-6,10H,3-4,7-9H2,1-2H3;3-4,9,14-15,24H,5-8H2,1-2H3;5-6,10,12,23H,3-4,7-9H2,1-2H3;3-4,9,11,22H,5-8H2,1-2H3;3-4,7,18H,5-6H2,1-2H3;3-5,7H,6H2,1-2H3;3-4,6H,5H2,1-2H3. The van der Waals surface area contributed by atoms with Crippen molar-refractivity contribution >= 4 is 41.4 Å². The average molecular weight is 2150 g/mol. The first kappa shape index (κ1) is 117. The van der Waals surface area contributed by atoms with Crippen molar-refractivity contribution < 1.29 is 159 Å². The Bertz CT molecular complexity index is 6000. The first-order valence-electron chi connectivity index (χ1n) is 48.4. The topological polar surface area (TPSA) is 249 Å². The average Bonchev–Trinajstić information content (AvgIpc) is 1.63. The summed E-state index contributed by atoms with van der Waals surface area (Å²) in [6.07, 6.45) is -33.6. The van der Waals surface area contributed by atoms with Gasteiger partial charge in [-0.1, -0.05) is 6.07 Å². The van der Waals surface area contributed by atoms with Gasteiger partial charge in [-0.3, -0.25) is 58.1 Å². The number of hydrogen-bond donors (Lipinski definition) is 4. The molecule has 11 aliphatic rings. The zero-order valence-electron chi connectivity index (χ0n) is 84.2. The van der Waals surface area contributed by atoms with Gasteiger partial charge in [-0.15, -0.1) is 0 Å². The van der Waals surface area contributed by atoms with Crippen LogP contribution in [0.4, 0.5) is 105 Å². The van der Waals surface area contributed by atoms with Crippen LogP contribution in [0.5, 0.6) is 0 Å². The Morgan fingerprint density at radius 3 is 0.860 bits per heavy atom. The number of aromatic nitrogens is 1. The number of β-amino-alcohol motifs (C(OH)–C–C–N with tert-alkyl or cyclic N) is 3. The van der Waals surface area contributed by atoms with Gasteiger partial charge < -0.3 is 54.7 Å². The van der Waals surface area contributed by atoms with E-state index in [0.29, 0.717) is 62.4 Å². The number of nitrogens with zero attached hydrogens (tertiary/aromatic N) is 12. The number of fused-ring (bicyclic) bond motifs is 7. The molecule has 12 heterocycles. The molecule has 18 rings (SSSR count). The van der Waals surface area contributed by atoms with Crippen molar-refractivity contribution in [1.82, 2.24) is 58.9 Å². The SMILES string of the molecule is CC(C)N1Cc2c(cc(CN3CC(O)C(F)C3)cc2C(F)(F)F)C1=O.CC(C)N1Cc2c(cc(CN3CC(O)C3)cc2C(F)(F)F)C1=O.CC(C)N1Cc2c(cc(CN3CCC(F)(F)C3)cc2C(F)(F)F)C1=O.CC(C)N1Cc2c(cc(CN3CCC(O)C3)cc2C(F)(F)F)C1=O.CC(C)N1Cc2c(cc(CO)cc2C(F)(F)F)C1=O.CC(C)N1Cc2c(cccc2C(F)(F)F)C1=O.CC(C)N1Cc2c(ccnc2C(F)(F)F)C1=O. The monoisotopic (exact) mass is 2150 g/mol. The quantitative estimate of drug-likeness (QED) is 0.0657. The first-order chi connectivity index (χ1) is 69.3. The molecule has 11 aliphatic heterocycles. The fraction of sp³-hybridized carbons (Fsp3) is 0.534. The largest absolute Gasteiger partial charge is 0.433 e. The Morgan fingerprint density at radius 1 is 0.320 bits per heavy atom. The summed E-state index contributed by atoms with van der Waals surface area (Å²) in [5, 5.41) is 37.4. The van der Waals surface area contributed by atoms with Crippen LogP contribution in [-0.2, 0) is 122 Å². The van der Waals surface area contributed by atoms with Gasteiger partial charge in [-0.05, 0) is 243 Å². The molecule has 7 amide bonds. The minimum Gasteiger partial charge on any atom is -0.392 e. The number of amides is 7. The van der Waals surface area contributed by atoms with Gasteiger partial charge in [0.05, 0.1) is 64.8 Å². The molecular formula is C103H116F24N12O11. The van der Waals surface area contributed by atoms with Crippen molar-refractivity contribution in [2.24, 2.45) is 0 Å². The number of hydrogen-bond acceptors (Lipinski definition) is 16.